The Morgan fingerprint density at radius 3 is 2.69 bits per heavy atom. The third-order valence-corrected chi connectivity index (χ3v) is 2.29. The second kappa shape index (κ2) is 4.18. The van der Waals surface area contributed by atoms with Crippen molar-refractivity contribution in [2.75, 3.05) is 0 Å². The van der Waals surface area contributed by atoms with E-state index in [1.165, 1.54) is 5.56 Å². The molecule has 0 aliphatic carbocycles. The number of carbonyl (C=O) groups is 1. The van der Waals surface area contributed by atoms with E-state index in [4.69, 9.17) is 5.11 Å². The standard InChI is InChI=1S/C12H12N2O2/c1-9-2-4-11(5-3-9)14-8-10(7-13-14)6-12(15)16/h2-5,7-8H,6H2,1H3,(H,15,16). The van der Waals surface area contributed by atoms with E-state index in [1.54, 1.807) is 17.1 Å². The highest BCUT2D eigenvalue weighted by molar-refractivity contribution is 5.69. The van der Waals surface area contributed by atoms with Gasteiger partial charge in [-0.25, -0.2) is 4.68 Å². The molecular weight excluding hydrogens is 204 g/mol. The van der Waals surface area contributed by atoms with Crippen LogP contribution in [0.5, 0.6) is 0 Å². The van der Waals surface area contributed by atoms with E-state index >= 15 is 0 Å². The van der Waals surface area contributed by atoms with E-state index in [1.807, 2.05) is 31.2 Å². The van der Waals surface area contributed by atoms with Crippen molar-refractivity contribution in [1.29, 1.82) is 0 Å². The van der Waals surface area contributed by atoms with Gasteiger partial charge in [0.25, 0.3) is 0 Å². The summed E-state index contributed by atoms with van der Waals surface area (Å²) in [7, 11) is 0. The Labute approximate surface area is 93.1 Å². The van der Waals surface area contributed by atoms with Gasteiger partial charge in [0.15, 0.2) is 0 Å². The summed E-state index contributed by atoms with van der Waals surface area (Å²) in [6.45, 7) is 2.02. The zero-order chi connectivity index (χ0) is 11.5. The van der Waals surface area contributed by atoms with Gasteiger partial charge in [-0.1, -0.05) is 17.7 Å². The molecule has 0 atom stereocenters. The average Bonchev–Trinajstić information content (AvgIpc) is 2.66. The van der Waals surface area contributed by atoms with Crippen molar-refractivity contribution in [2.45, 2.75) is 13.3 Å². The van der Waals surface area contributed by atoms with Crippen LogP contribution in [0.1, 0.15) is 11.1 Å². The number of carboxylic acid groups (broad SMARTS) is 1. The Kier molecular flexibility index (Phi) is 2.72. The fourth-order valence-electron chi connectivity index (χ4n) is 1.46. The van der Waals surface area contributed by atoms with Gasteiger partial charge in [-0.15, -0.1) is 0 Å². The first-order valence-electron chi connectivity index (χ1n) is 4.97. The normalized spacial score (nSPS) is 10.3. The van der Waals surface area contributed by atoms with Crippen LogP contribution in [0.3, 0.4) is 0 Å². The molecule has 2 aromatic rings. The van der Waals surface area contributed by atoms with Gasteiger partial charge in [0.05, 0.1) is 18.3 Å². The highest BCUT2D eigenvalue weighted by atomic mass is 16.4. The number of nitrogens with zero attached hydrogens (tertiary/aromatic N) is 2. The minimum atomic E-state index is -0.844. The predicted octanol–water partition coefficient (Wildman–Crippen LogP) is 1.81. The fourth-order valence-corrected chi connectivity index (χ4v) is 1.46. The van der Waals surface area contributed by atoms with Crippen molar-refractivity contribution < 1.29 is 9.90 Å². The van der Waals surface area contributed by atoms with Gasteiger partial charge in [-0.05, 0) is 19.1 Å². The first-order valence-corrected chi connectivity index (χ1v) is 4.97. The number of hydrogen-bond donors (Lipinski definition) is 1. The van der Waals surface area contributed by atoms with E-state index in [-0.39, 0.29) is 6.42 Å². The number of aryl methyl sites for hydroxylation is 1. The molecule has 0 unspecified atom stereocenters. The van der Waals surface area contributed by atoms with Crippen molar-refractivity contribution in [3.63, 3.8) is 0 Å². The number of hydrogen-bond acceptors (Lipinski definition) is 2. The van der Waals surface area contributed by atoms with Gasteiger partial charge >= 0.3 is 5.97 Å². The van der Waals surface area contributed by atoms with Gasteiger partial charge < -0.3 is 5.11 Å². The molecular formula is C12H12N2O2. The predicted molar refractivity (Wildman–Crippen MR) is 59.6 cm³/mol. The van der Waals surface area contributed by atoms with Crippen LogP contribution in [0, 0.1) is 6.92 Å². The average molecular weight is 216 g/mol. The van der Waals surface area contributed by atoms with Crippen LogP contribution in [0.4, 0.5) is 0 Å². The SMILES string of the molecule is Cc1ccc(-n2cc(CC(=O)O)cn2)cc1. The Hall–Kier alpha value is -2.10. The number of rotatable bonds is 3. The monoisotopic (exact) mass is 216 g/mol. The number of carboxylic acids is 1. The van der Waals surface area contributed by atoms with E-state index in [0.717, 1.165) is 5.69 Å². The molecule has 0 aliphatic heterocycles. The van der Waals surface area contributed by atoms with Crippen molar-refractivity contribution in [1.82, 2.24) is 9.78 Å². The molecule has 0 spiro atoms. The van der Waals surface area contributed by atoms with Crippen LogP contribution in [0.2, 0.25) is 0 Å². The molecule has 0 saturated carbocycles. The minimum absolute atomic E-state index is 0.00581. The molecule has 82 valence electrons. The van der Waals surface area contributed by atoms with Crippen LogP contribution < -0.4 is 0 Å². The highest BCUT2D eigenvalue weighted by Gasteiger charge is 2.04. The zero-order valence-corrected chi connectivity index (χ0v) is 8.92. The van der Waals surface area contributed by atoms with Crippen LogP contribution in [-0.4, -0.2) is 20.9 Å². The van der Waals surface area contributed by atoms with E-state index in [9.17, 15) is 4.79 Å². The fraction of sp³-hybridized carbons (Fsp3) is 0.167. The molecule has 16 heavy (non-hydrogen) atoms. The van der Waals surface area contributed by atoms with Crippen molar-refractivity contribution in [2.24, 2.45) is 0 Å². The van der Waals surface area contributed by atoms with Crippen LogP contribution in [0.15, 0.2) is 36.7 Å². The Bertz CT molecular complexity index is 500. The molecule has 4 nitrogen and oxygen atoms in total. The second-order valence-electron chi connectivity index (χ2n) is 3.70. The zero-order valence-electron chi connectivity index (χ0n) is 8.92. The molecule has 0 fully saturated rings. The molecule has 0 bridgehead atoms. The topological polar surface area (TPSA) is 55.1 Å². The molecule has 1 aromatic heterocycles. The summed E-state index contributed by atoms with van der Waals surface area (Å²) in [5, 5.41) is 12.8. The van der Waals surface area contributed by atoms with E-state index in [0.29, 0.717) is 5.56 Å². The van der Waals surface area contributed by atoms with Crippen molar-refractivity contribution in [3.8, 4) is 5.69 Å². The summed E-state index contributed by atoms with van der Waals surface area (Å²) in [5.41, 5.74) is 2.82. The summed E-state index contributed by atoms with van der Waals surface area (Å²) < 4.78 is 1.68. The Morgan fingerprint density at radius 2 is 2.06 bits per heavy atom. The molecule has 0 radical (unpaired) electrons. The lowest BCUT2D eigenvalue weighted by Gasteiger charge is -2.00. The van der Waals surface area contributed by atoms with Gasteiger partial charge in [-0.2, -0.15) is 5.10 Å². The molecule has 2 rings (SSSR count). The summed E-state index contributed by atoms with van der Waals surface area (Å²) in [4.78, 5) is 10.5. The van der Waals surface area contributed by atoms with Crippen LogP contribution in [0.25, 0.3) is 5.69 Å². The molecule has 1 heterocycles. The van der Waals surface area contributed by atoms with Gasteiger partial charge in [0.1, 0.15) is 0 Å². The highest BCUT2D eigenvalue weighted by Crippen LogP contribution is 2.09. The summed E-state index contributed by atoms with van der Waals surface area (Å²) >= 11 is 0. The van der Waals surface area contributed by atoms with Crippen LogP contribution in [-0.2, 0) is 11.2 Å². The Balaban J connectivity index is 2.24. The Morgan fingerprint density at radius 1 is 1.38 bits per heavy atom. The lowest BCUT2D eigenvalue weighted by molar-refractivity contribution is -0.136. The van der Waals surface area contributed by atoms with Gasteiger partial charge in [-0.3, -0.25) is 4.79 Å². The van der Waals surface area contributed by atoms with Crippen molar-refractivity contribution >= 4 is 5.97 Å². The van der Waals surface area contributed by atoms with Crippen molar-refractivity contribution in [3.05, 3.63) is 47.8 Å². The maximum absolute atomic E-state index is 10.5. The molecule has 1 aromatic carbocycles. The maximum atomic E-state index is 10.5. The first kappa shape index (κ1) is 10.4. The minimum Gasteiger partial charge on any atom is -0.481 e. The first-order chi connectivity index (χ1) is 7.65. The number of benzene rings is 1. The quantitative estimate of drug-likeness (QED) is 0.851. The molecule has 0 saturated heterocycles. The van der Waals surface area contributed by atoms with E-state index < -0.39 is 5.97 Å². The number of aliphatic carboxylic acids is 1. The molecule has 4 heteroatoms. The van der Waals surface area contributed by atoms with Gasteiger partial charge in [0, 0.05) is 11.8 Å². The third-order valence-electron chi connectivity index (χ3n) is 2.29. The molecule has 0 amide bonds. The van der Waals surface area contributed by atoms with Gasteiger partial charge in [0.2, 0.25) is 0 Å². The lowest BCUT2D eigenvalue weighted by Crippen LogP contribution is -1.98. The lowest BCUT2D eigenvalue weighted by atomic mass is 10.2. The second-order valence-corrected chi connectivity index (χ2v) is 3.70. The maximum Gasteiger partial charge on any atom is 0.307 e. The number of aromatic nitrogens is 2. The van der Waals surface area contributed by atoms with E-state index in [2.05, 4.69) is 5.10 Å². The molecule has 0 aliphatic rings. The largest absolute Gasteiger partial charge is 0.481 e. The summed E-state index contributed by atoms with van der Waals surface area (Å²) in [6, 6.07) is 7.89. The third kappa shape index (κ3) is 2.28. The molecule has 1 N–H and O–H groups in total. The van der Waals surface area contributed by atoms with Crippen LogP contribution >= 0.6 is 0 Å². The summed E-state index contributed by atoms with van der Waals surface area (Å²) in [5.74, 6) is -0.844. The smallest absolute Gasteiger partial charge is 0.307 e. The summed E-state index contributed by atoms with van der Waals surface area (Å²) in [6.07, 6.45) is 3.32.